The molecule has 6 heteroatoms. The molecular formula is C22H32N6. The molecule has 2 fully saturated rings. The van der Waals surface area contributed by atoms with Crippen molar-refractivity contribution in [2.24, 2.45) is 0 Å². The number of anilines is 2. The van der Waals surface area contributed by atoms with Crippen LogP contribution in [0, 0.1) is 6.92 Å². The van der Waals surface area contributed by atoms with E-state index in [0.717, 1.165) is 63.0 Å². The molecule has 2 saturated heterocycles. The Morgan fingerprint density at radius 2 is 1.86 bits per heavy atom. The van der Waals surface area contributed by atoms with Crippen LogP contribution in [0.1, 0.15) is 43.5 Å². The minimum absolute atomic E-state index is 0.612. The highest BCUT2D eigenvalue weighted by Gasteiger charge is 2.22. The lowest BCUT2D eigenvalue weighted by Gasteiger charge is -2.33. The third-order valence-electron chi connectivity index (χ3n) is 5.81. The van der Waals surface area contributed by atoms with Gasteiger partial charge in [-0.1, -0.05) is 6.07 Å². The van der Waals surface area contributed by atoms with Crippen molar-refractivity contribution in [3.05, 3.63) is 41.9 Å². The van der Waals surface area contributed by atoms with Gasteiger partial charge in [-0.3, -0.25) is 4.98 Å². The summed E-state index contributed by atoms with van der Waals surface area (Å²) >= 11 is 0. The molecule has 0 amide bonds. The number of hydrogen-bond donors (Lipinski definition) is 1. The van der Waals surface area contributed by atoms with Gasteiger partial charge in [-0.05, 0) is 64.1 Å². The van der Waals surface area contributed by atoms with Crippen molar-refractivity contribution in [1.82, 2.24) is 20.3 Å². The van der Waals surface area contributed by atoms with Gasteiger partial charge in [0.05, 0.1) is 0 Å². The number of rotatable bonds is 7. The van der Waals surface area contributed by atoms with E-state index in [2.05, 4.69) is 50.2 Å². The molecular weight excluding hydrogens is 348 g/mol. The third-order valence-corrected chi connectivity index (χ3v) is 5.81. The summed E-state index contributed by atoms with van der Waals surface area (Å²) in [7, 11) is 0. The number of aromatic nitrogens is 3. The topological polar surface area (TPSA) is 57.2 Å². The maximum absolute atomic E-state index is 4.89. The second-order valence-corrected chi connectivity index (χ2v) is 8.00. The van der Waals surface area contributed by atoms with E-state index in [9.17, 15) is 0 Å². The average molecular weight is 381 g/mol. The van der Waals surface area contributed by atoms with E-state index in [1.807, 2.05) is 12.3 Å². The Labute approximate surface area is 168 Å². The maximum Gasteiger partial charge on any atom is 0.227 e. The molecule has 150 valence electrons. The third kappa shape index (κ3) is 4.98. The van der Waals surface area contributed by atoms with Crippen LogP contribution in [0.3, 0.4) is 0 Å². The Hall–Kier alpha value is -2.21. The molecule has 1 N–H and O–H groups in total. The van der Waals surface area contributed by atoms with Gasteiger partial charge in [0.1, 0.15) is 5.82 Å². The van der Waals surface area contributed by atoms with Crippen LogP contribution in [0.5, 0.6) is 0 Å². The van der Waals surface area contributed by atoms with Crippen LogP contribution in [-0.4, -0.2) is 53.7 Å². The lowest BCUT2D eigenvalue weighted by atomic mass is 10.0. The Balaban J connectivity index is 1.24. The van der Waals surface area contributed by atoms with E-state index < -0.39 is 0 Å². The van der Waals surface area contributed by atoms with E-state index in [0.29, 0.717) is 6.04 Å². The number of nitrogens with one attached hydrogen (secondary N) is 1. The molecule has 2 aromatic rings. The molecule has 2 aromatic heterocycles. The summed E-state index contributed by atoms with van der Waals surface area (Å²) < 4.78 is 0. The quantitative estimate of drug-likeness (QED) is 0.746. The molecule has 2 aliphatic heterocycles. The summed E-state index contributed by atoms with van der Waals surface area (Å²) in [6.45, 7) is 7.45. The zero-order valence-corrected chi connectivity index (χ0v) is 17.0. The smallest absolute Gasteiger partial charge is 0.227 e. The van der Waals surface area contributed by atoms with E-state index in [1.165, 1.54) is 31.4 Å². The van der Waals surface area contributed by atoms with Gasteiger partial charge in [0.2, 0.25) is 5.95 Å². The molecule has 2 aliphatic rings. The van der Waals surface area contributed by atoms with Crippen molar-refractivity contribution < 1.29 is 0 Å². The van der Waals surface area contributed by atoms with Crippen molar-refractivity contribution in [2.45, 2.75) is 51.5 Å². The Bertz CT molecular complexity index is 736. The van der Waals surface area contributed by atoms with Gasteiger partial charge >= 0.3 is 0 Å². The Morgan fingerprint density at radius 1 is 1.04 bits per heavy atom. The summed E-state index contributed by atoms with van der Waals surface area (Å²) in [5.41, 5.74) is 2.26. The normalized spacial score (nSPS) is 18.0. The van der Waals surface area contributed by atoms with Crippen molar-refractivity contribution in [3.63, 3.8) is 0 Å². The summed E-state index contributed by atoms with van der Waals surface area (Å²) in [4.78, 5) is 18.7. The van der Waals surface area contributed by atoms with Gasteiger partial charge in [-0.2, -0.15) is 4.98 Å². The van der Waals surface area contributed by atoms with Crippen LogP contribution in [0.4, 0.5) is 11.8 Å². The van der Waals surface area contributed by atoms with Gasteiger partial charge in [0.15, 0.2) is 0 Å². The van der Waals surface area contributed by atoms with Crippen LogP contribution < -0.4 is 15.1 Å². The van der Waals surface area contributed by atoms with Gasteiger partial charge < -0.3 is 15.1 Å². The molecule has 4 heterocycles. The molecule has 0 spiro atoms. The molecule has 0 bridgehead atoms. The summed E-state index contributed by atoms with van der Waals surface area (Å²) in [6.07, 6.45) is 8.92. The fourth-order valence-corrected chi connectivity index (χ4v) is 4.19. The van der Waals surface area contributed by atoms with E-state index >= 15 is 0 Å². The van der Waals surface area contributed by atoms with Crippen molar-refractivity contribution >= 4 is 11.8 Å². The fourth-order valence-electron chi connectivity index (χ4n) is 4.19. The summed E-state index contributed by atoms with van der Waals surface area (Å²) in [5, 5.41) is 3.74. The SMILES string of the molecule is Cc1cc(N2CCC(NCCCc3ccccn3)CC2)nc(N2CCCC2)n1. The lowest BCUT2D eigenvalue weighted by Crippen LogP contribution is -2.43. The van der Waals surface area contributed by atoms with Crippen LogP contribution in [0.15, 0.2) is 30.5 Å². The second-order valence-electron chi connectivity index (χ2n) is 8.00. The zero-order valence-electron chi connectivity index (χ0n) is 17.0. The van der Waals surface area contributed by atoms with Crippen LogP contribution in [-0.2, 0) is 6.42 Å². The largest absolute Gasteiger partial charge is 0.356 e. The van der Waals surface area contributed by atoms with Gasteiger partial charge in [-0.25, -0.2) is 4.98 Å². The molecule has 0 radical (unpaired) electrons. The standard InChI is InChI=1S/C22H32N6/c1-18-17-21(26-22(25-18)28-13-4-5-14-28)27-15-9-20(10-16-27)24-12-6-8-19-7-2-3-11-23-19/h2-3,7,11,17,20,24H,4-6,8-10,12-16H2,1H3. The van der Waals surface area contributed by atoms with Crippen molar-refractivity contribution in [1.29, 1.82) is 0 Å². The summed E-state index contributed by atoms with van der Waals surface area (Å²) in [6, 6.07) is 8.90. The molecule has 0 unspecified atom stereocenters. The highest BCUT2D eigenvalue weighted by molar-refractivity contribution is 5.46. The first-order valence-corrected chi connectivity index (χ1v) is 10.8. The fraction of sp³-hybridized carbons (Fsp3) is 0.591. The minimum Gasteiger partial charge on any atom is -0.356 e. The van der Waals surface area contributed by atoms with Crippen LogP contribution >= 0.6 is 0 Å². The maximum atomic E-state index is 4.89. The number of aryl methyl sites for hydroxylation is 2. The van der Waals surface area contributed by atoms with Crippen LogP contribution in [0.2, 0.25) is 0 Å². The molecule has 0 saturated carbocycles. The first-order valence-electron chi connectivity index (χ1n) is 10.8. The number of nitrogens with zero attached hydrogens (tertiary/aromatic N) is 5. The molecule has 6 nitrogen and oxygen atoms in total. The van der Waals surface area contributed by atoms with Gasteiger partial charge in [0, 0.05) is 55.9 Å². The van der Waals surface area contributed by atoms with Crippen molar-refractivity contribution in [2.75, 3.05) is 42.5 Å². The van der Waals surface area contributed by atoms with E-state index in [4.69, 9.17) is 4.98 Å². The highest BCUT2D eigenvalue weighted by Crippen LogP contribution is 2.23. The highest BCUT2D eigenvalue weighted by atomic mass is 15.3. The number of piperidine rings is 1. The summed E-state index contributed by atoms with van der Waals surface area (Å²) in [5.74, 6) is 2.02. The Morgan fingerprint density at radius 3 is 2.61 bits per heavy atom. The minimum atomic E-state index is 0.612. The molecule has 28 heavy (non-hydrogen) atoms. The van der Waals surface area contributed by atoms with E-state index in [-0.39, 0.29) is 0 Å². The second kappa shape index (κ2) is 9.32. The zero-order chi connectivity index (χ0) is 19.2. The average Bonchev–Trinajstić information content (AvgIpc) is 3.27. The number of pyridine rings is 1. The first-order chi connectivity index (χ1) is 13.8. The molecule has 0 aliphatic carbocycles. The predicted octanol–water partition coefficient (Wildman–Crippen LogP) is 2.97. The predicted molar refractivity (Wildman–Crippen MR) is 114 cm³/mol. The van der Waals surface area contributed by atoms with Gasteiger partial charge in [-0.15, -0.1) is 0 Å². The lowest BCUT2D eigenvalue weighted by molar-refractivity contribution is 0.411. The molecule has 0 atom stereocenters. The Kier molecular flexibility index (Phi) is 6.37. The van der Waals surface area contributed by atoms with E-state index in [1.54, 1.807) is 0 Å². The van der Waals surface area contributed by atoms with Crippen molar-refractivity contribution in [3.8, 4) is 0 Å². The number of hydrogen-bond acceptors (Lipinski definition) is 6. The first kappa shape index (κ1) is 19.1. The molecule has 4 rings (SSSR count). The monoisotopic (exact) mass is 380 g/mol. The molecule has 0 aromatic carbocycles. The van der Waals surface area contributed by atoms with Gasteiger partial charge in [0.25, 0.3) is 0 Å². The van der Waals surface area contributed by atoms with Crippen LogP contribution in [0.25, 0.3) is 0 Å².